The van der Waals surface area contributed by atoms with Gasteiger partial charge in [0.15, 0.2) is 0 Å². The lowest BCUT2D eigenvalue weighted by atomic mass is 9.48. The van der Waals surface area contributed by atoms with E-state index >= 15 is 0 Å². The van der Waals surface area contributed by atoms with Crippen LogP contribution in [0.5, 0.6) is 0 Å². The smallest absolute Gasteiger partial charge is 0.313 e. The average Bonchev–Trinajstić information content (AvgIpc) is 2.60. The highest BCUT2D eigenvalue weighted by Gasteiger charge is 2.53. The number of amides is 2. The molecule has 0 aliphatic heterocycles. The molecular weight excluding hydrogens is 344 g/mol. The molecule has 4 fully saturated rings. The van der Waals surface area contributed by atoms with Gasteiger partial charge in [-0.05, 0) is 93.1 Å². The summed E-state index contributed by atoms with van der Waals surface area (Å²) in [5, 5.41) is 5.76. The minimum Gasteiger partial charge on any atom is -0.345 e. The third-order valence-electron chi connectivity index (χ3n) is 6.89. The van der Waals surface area contributed by atoms with Gasteiger partial charge in [-0.2, -0.15) is 0 Å². The Labute approximate surface area is 159 Å². The molecule has 26 heavy (non-hydrogen) atoms. The number of hydrogen-bond donors (Lipinski definition) is 2. The van der Waals surface area contributed by atoms with E-state index in [1.54, 1.807) is 11.8 Å². The first-order valence-corrected chi connectivity index (χ1v) is 11.0. The van der Waals surface area contributed by atoms with Crippen molar-refractivity contribution in [2.75, 3.05) is 11.6 Å². The molecule has 4 aliphatic rings. The third-order valence-corrected chi connectivity index (χ3v) is 7.61. The summed E-state index contributed by atoms with van der Waals surface area (Å²) in [7, 11) is 0. The van der Waals surface area contributed by atoms with E-state index in [1.807, 2.05) is 30.5 Å². The second-order valence-electron chi connectivity index (χ2n) is 8.66. The minimum atomic E-state index is -0.570. The van der Waals surface area contributed by atoms with Crippen LogP contribution in [0.1, 0.15) is 45.4 Å². The number of thioether (sulfide) groups is 1. The Kier molecular flexibility index (Phi) is 4.76. The van der Waals surface area contributed by atoms with E-state index in [0.717, 1.165) is 22.6 Å². The van der Waals surface area contributed by atoms with Crippen LogP contribution in [-0.4, -0.2) is 24.1 Å². The van der Waals surface area contributed by atoms with Crippen molar-refractivity contribution in [3.8, 4) is 0 Å². The van der Waals surface area contributed by atoms with Gasteiger partial charge in [0.2, 0.25) is 0 Å². The highest BCUT2D eigenvalue weighted by molar-refractivity contribution is 7.98. The lowest BCUT2D eigenvalue weighted by Gasteiger charge is -2.59. The molecular formula is C21H28N2O2S. The zero-order valence-corrected chi connectivity index (χ0v) is 16.4. The molecule has 1 aromatic carbocycles. The normalized spacial score (nSPS) is 32.9. The second-order valence-corrected chi connectivity index (χ2v) is 9.54. The highest BCUT2D eigenvalue weighted by Crippen LogP contribution is 2.61. The summed E-state index contributed by atoms with van der Waals surface area (Å²) in [5.74, 6) is 1.43. The van der Waals surface area contributed by atoms with Gasteiger partial charge in [0, 0.05) is 16.6 Å². The number of carbonyl (C=O) groups is 2. The Hall–Kier alpha value is -1.49. The predicted octanol–water partition coefficient (Wildman–Crippen LogP) is 4.07. The van der Waals surface area contributed by atoms with Crippen molar-refractivity contribution in [1.29, 1.82) is 0 Å². The van der Waals surface area contributed by atoms with Gasteiger partial charge in [0.1, 0.15) is 0 Å². The molecule has 0 heterocycles. The maximum Gasteiger partial charge on any atom is 0.313 e. The first-order chi connectivity index (χ1) is 12.5. The molecule has 4 bridgehead atoms. The van der Waals surface area contributed by atoms with Crippen LogP contribution in [0.4, 0.5) is 5.69 Å². The van der Waals surface area contributed by atoms with Crippen LogP contribution in [0, 0.1) is 23.2 Å². The number of anilines is 1. The van der Waals surface area contributed by atoms with E-state index in [1.165, 1.54) is 38.5 Å². The van der Waals surface area contributed by atoms with Gasteiger partial charge in [0.05, 0.1) is 0 Å². The Bertz CT molecular complexity index is 682. The Morgan fingerprint density at radius 2 is 1.69 bits per heavy atom. The maximum atomic E-state index is 12.5. The molecule has 4 nitrogen and oxygen atoms in total. The highest BCUT2D eigenvalue weighted by atomic mass is 32.2. The Balaban J connectivity index is 1.39. The van der Waals surface area contributed by atoms with Gasteiger partial charge in [-0.25, -0.2) is 0 Å². The summed E-state index contributed by atoms with van der Waals surface area (Å²) in [6.07, 6.45) is 9.79. The van der Waals surface area contributed by atoms with Crippen molar-refractivity contribution in [3.63, 3.8) is 0 Å². The van der Waals surface area contributed by atoms with Crippen molar-refractivity contribution in [2.24, 2.45) is 23.2 Å². The summed E-state index contributed by atoms with van der Waals surface area (Å²) >= 11 is 1.61. The van der Waals surface area contributed by atoms with E-state index in [4.69, 9.17) is 0 Å². The molecule has 4 saturated carbocycles. The van der Waals surface area contributed by atoms with E-state index in [0.29, 0.717) is 5.69 Å². The molecule has 5 rings (SSSR count). The van der Waals surface area contributed by atoms with Gasteiger partial charge in [0.25, 0.3) is 0 Å². The number of nitrogens with one attached hydrogen (secondary N) is 2. The van der Waals surface area contributed by atoms with E-state index < -0.39 is 11.8 Å². The summed E-state index contributed by atoms with van der Waals surface area (Å²) < 4.78 is 0. The van der Waals surface area contributed by atoms with E-state index in [9.17, 15) is 9.59 Å². The van der Waals surface area contributed by atoms with Crippen LogP contribution < -0.4 is 10.6 Å². The van der Waals surface area contributed by atoms with Crippen LogP contribution in [0.15, 0.2) is 29.2 Å². The van der Waals surface area contributed by atoms with Crippen LogP contribution in [0.25, 0.3) is 0 Å². The minimum absolute atomic E-state index is 0.0617. The molecule has 0 radical (unpaired) electrons. The number of rotatable bonds is 4. The molecule has 2 amide bonds. The SMILES string of the molecule is CSc1cccc(NC(=O)C(=O)NC(C)C23CC4CC(CC(C4)C2)C3)c1. The lowest BCUT2D eigenvalue weighted by Crippen LogP contribution is -2.57. The summed E-state index contributed by atoms with van der Waals surface area (Å²) in [6, 6.07) is 7.63. The van der Waals surface area contributed by atoms with Crippen molar-refractivity contribution in [3.05, 3.63) is 24.3 Å². The van der Waals surface area contributed by atoms with Crippen molar-refractivity contribution in [2.45, 2.75) is 56.4 Å². The molecule has 5 heteroatoms. The molecule has 1 aromatic rings. The third kappa shape index (κ3) is 3.38. The second kappa shape index (κ2) is 6.91. The predicted molar refractivity (Wildman–Crippen MR) is 105 cm³/mol. The van der Waals surface area contributed by atoms with Gasteiger partial charge < -0.3 is 10.6 Å². The zero-order valence-electron chi connectivity index (χ0n) is 15.6. The molecule has 2 N–H and O–H groups in total. The fourth-order valence-corrected chi connectivity index (χ4v) is 6.47. The largest absolute Gasteiger partial charge is 0.345 e. The molecule has 140 valence electrons. The number of benzene rings is 1. The molecule has 1 atom stereocenters. The standard InChI is InChI=1S/C21H28N2O2S/c1-13(21-10-14-6-15(11-21)8-16(7-14)12-21)22-19(24)20(25)23-17-4-3-5-18(9-17)26-2/h3-5,9,13-16H,6-8,10-12H2,1-2H3,(H,22,24)(H,23,25). The fourth-order valence-electron chi connectivity index (χ4n) is 6.01. The van der Waals surface area contributed by atoms with Gasteiger partial charge in [-0.3, -0.25) is 9.59 Å². The molecule has 0 aromatic heterocycles. The first kappa shape index (κ1) is 17.9. The molecule has 0 spiro atoms. The molecule has 4 aliphatic carbocycles. The average molecular weight is 373 g/mol. The summed E-state index contributed by atoms with van der Waals surface area (Å²) in [5.41, 5.74) is 0.878. The van der Waals surface area contributed by atoms with Gasteiger partial charge >= 0.3 is 11.8 Å². The van der Waals surface area contributed by atoms with E-state index in [2.05, 4.69) is 17.6 Å². The first-order valence-electron chi connectivity index (χ1n) is 9.73. The van der Waals surface area contributed by atoms with E-state index in [-0.39, 0.29) is 11.5 Å². The zero-order chi connectivity index (χ0) is 18.3. The summed E-state index contributed by atoms with van der Waals surface area (Å²) in [6.45, 7) is 2.10. The van der Waals surface area contributed by atoms with Crippen LogP contribution in [0.2, 0.25) is 0 Å². The van der Waals surface area contributed by atoms with Crippen LogP contribution in [0.3, 0.4) is 0 Å². The number of carbonyl (C=O) groups excluding carboxylic acids is 2. The number of hydrogen-bond acceptors (Lipinski definition) is 3. The van der Waals surface area contributed by atoms with Crippen LogP contribution >= 0.6 is 11.8 Å². The molecule has 0 saturated heterocycles. The fraction of sp³-hybridized carbons (Fsp3) is 0.619. The van der Waals surface area contributed by atoms with Crippen molar-refractivity contribution < 1.29 is 9.59 Å². The topological polar surface area (TPSA) is 58.2 Å². The molecule has 1 unspecified atom stereocenters. The lowest BCUT2D eigenvalue weighted by molar-refractivity contribution is -0.138. The van der Waals surface area contributed by atoms with Crippen molar-refractivity contribution >= 4 is 29.3 Å². The van der Waals surface area contributed by atoms with Gasteiger partial charge in [-0.15, -0.1) is 11.8 Å². The van der Waals surface area contributed by atoms with Crippen molar-refractivity contribution in [1.82, 2.24) is 5.32 Å². The Morgan fingerprint density at radius 3 is 2.27 bits per heavy atom. The Morgan fingerprint density at radius 1 is 1.08 bits per heavy atom. The maximum absolute atomic E-state index is 12.5. The van der Waals surface area contributed by atoms with Gasteiger partial charge in [-0.1, -0.05) is 6.07 Å². The van der Waals surface area contributed by atoms with Crippen LogP contribution in [-0.2, 0) is 9.59 Å². The summed E-state index contributed by atoms with van der Waals surface area (Å²) in [4.78, 5) is 25.9. The quantitative estimate of drug-likeness (QED) is 0.619. The monoisotopic (exact) mass is 372 g/mol.